The van der Waals surface area contributed by atoms with Crippen LogP contribution in [0.5, 0.6) is 0 Å². The third-order valence-corrected chi connectivity index (χ3v) is 4.07. The maximum absolute atomic E-state index is 4.73. The van der Waals surface area contributed by atoms with Crippen molar-refractivity contribution in [3.63, 3.8) is 0 Å². The number of fused-ring (bicyclic) bond motifs is 1. The summed E-state index contributed by atoms with van der Waals surface area (Å²) in [7, 11) is 0. The van der Waals surface area contributed by atoms with E-state index in [1.165, 1.54) is 43.4 Å². The molecule has 0 aromatic rings. The fraction of sp³-hybridized carbons (Fsp3) is 0.769. The molecule has 1 fully saturated rings. The first-order valence-corrected chi connectivity index (χ1v) is 5.81. The van der Waals surface area contributed by atoms with Crippen LogP contribution in [0, 0.1) is 11.3 Å². The lowest BCUT2D eigenvalue weighted by atomic mass is 9.66. The van der Waals surface area contributed by atoms with Crippen molar-refractivity contribution in [2.75, 3.05) is 6.54 Å². The van der Waals surface area contributed by atoms with Gasteiger partial charge >= 0.3 is 0 Å². The molecule has 2 aliphatic rings. The van der Waals surface area contributed by atoms with Gasteiger partial charge in [0.05, 0.1) is 0 Å². The first-order chi connectivity index (χ1) is 6.62. The molecule has 14 heavy (non-hydrogen) atoms. The predicted octanol–water partition coefficient (Wildman–Crippen LogP) is 3.60. The van der Waals surface area contributed by atoms with Crippen molar-refractivity contribution in [2.24, 2.45) is 16.3 Å². The molecule has 0 saturated heterocycles. The lowest BCUT2D eigenvalue weighted by Gasteiger charge is -2.41. The highest BCUT2D eigenvalue weighted by Gasteiger charge is 2.37. The van der Waals surface area contributed by atoms with E-state index < -0.39 is 0 Å². The van der Waals surface area contributed by atoms with Crippen molar-refractivity contribution in [2.45, 2.75) is 46.0 Å². The molecule has 1 nitrogen and oxygen atoms in total. The van der Waals surface area contributed by atoms with E-state index in [0.29, 0.717) is 11.3 Å². The molecule has 0 aromatic heterocycles. The van der Waals surface area contributed by atoms with E-state index >= 15 is 0 Å². The molecule has 78 valence electrons. The van der Waals surface area contributed by atoms with Gasteiger partial charge in [0.2, 0.25) is 0 Å². The van der Waals surface area contributed by atoms with Crippen LogP contribution in [0.25, 0.3) is 0 Å². The normalized spacial score (nSPS) is 37.3. The SMILES string of the molecule is C=C(C)[C@H]1CC[C@@]2(C)CCCN=C2C1. The van der Waals surface area contributed by atoms with Gasteiger partial charge in [-0.15, -0.1) is 0 Å². The van der Waals surface area contributed by atoms with Crippen LogP contribution >= 0.6 is 0 Å². The van der Waals surface area contributed by atoms with Gasteiger partial charge in [0.25, 0.3) is 0 Å². The van der Waals surface area contributed by atoms with E-state index in [9.17, 15) is 0 Å². The molecular formula is C13H21N. The average Bonchev–Trinajstić information content (AvgIpc) is 2.16. The maximum atomic E-state index is 4.73. The molecule has 0 radical (unpaired) electrons. The van der Waals surface area contributed by atoms with Crippen molar-refractivity contribution < 1.29 is 0 Å². The highest BCUT2D eigenvalue weighted by Crippen LogP contribution is 2.43. The smallest absolute Gasteiger partial charge is 0.0389 e. The van der Waals surface area contributed by atoms with E-state index in [0.717, 1.165) is 6.54 Å². The van der Waals surface area contributed by atoms with Crippen LogP contribution < -0.4 is 0 Å². The molecular weight excluding hydrogens is 170 g/mol. The summed E-state index contributed by atoms with van der Waals surface area (Å²) in [6, 6.07) is 0. The van der Waals surface area contributed by atoms with Crippen molar-refractivity contribution in [1.29, 1.82) is 0 Å². The van der Waals surface area contributed by atoms with Crippen LogP contribution in [0.1, 0.15) is 46.0 Å². The second-order valence-electron chi connectivity index (χ2n) is 5.28. The van der Waals surface area contributed by atoms with Crippen molar-refractivity contribution in [3.05, 3.63) is 12.2 Å². The Morgan fingerprint density at radius 1 is 1.50 bits per heavy atom. The van der Waals surface area contributed by atoms with Gasteiger partial charge in [-0.1, -0.05) is 19.1 Å². The Labute approximate surface area is 87.3 Å². The quantitative estimate of drug-likeness (QED) is 0.561. The molecule has 1 heteroatoms. The Kier molecular flexibility index (Phi) is 2.50. The predicted molar refractivity (Wildman–Crippen MR) is 61.8 cm³/mol. The van der Waals surface area contributed by atoms with Crippen LogP contribution in [0.15, 0.2) is 17.1 Å². The second-order valence-corrected chi connectivity index (χ2v) is 5.28. The summed E-state index contributed by atoms with van der Waals surface area (Å²) in [6.07, 6.45) is 6.48. The zero-order valence-corrected chi connectivity index (χ0v) is 9.47. The van der Waals surface area contributed by atoms with E-state index in [1.807, 2.05) is 0 Å². The van der Waals surface area contributed by atoms with Gasteiger partial charge in [-0.3, -0.25) is 4.99 Å². The van der Waals surface area contributed by atoms with Gasteiger partial charge in [-0.25, -0.2) is 0 Å². The minimum atomic E-state index is 0.449. The lowest BCUT2D eigenvalue weighted by molar-refractivity contribution is 0.297. The third kappa shape index (κ3) is 1.65. The summed E-state index contributed by atoms with van der Waals surface area (Å²) in [4.78, 5) is 4.73. The molecule has 2 rings (SSSR count). The summed E-state index contributed by atoms with van der Waals surface area (Å²) in [6.45, 7) is 9.71. The standard InChI is InChI=1S/C13H21N/c1-10(2)11-5-7-13(3)6-4-8-14-12(13)9-11/h11H,1,4-9H2,2-3H3/t11-,13+/m0/s1. The fourth-order valence-electron chi connectivity index (χ4n) is 2.85. The summed E-state index contributed by atoms with van der Waals surface area (Å²) in [5.41, 5.74) is 3.29. The largest absolute Gasteiger partial charge is 0.294 e. The van der Waals surface area contributed by atoms with Crippen LogP contribution in [0.4, 0.5) is 0 Å². The molecule has 1 aliphatic carbocycles. The van der Waals surface area contributed by atoms with Crippen LogP contribution in [0.2, 0.25) is 0 Å². The van der Waals surface area contributed by atoms with Crippen molar-refractivity contribution >= 4 is 5.71 Å². The number of rotatable bonds is 1. The first-order valence-electron chi connectivity index (χ1n) is 5.81. The number of hydrogen-bond donors (Lipinski definition) is 0. The van der Waals surface area contributed by atoms with Gasteiger partial charge in [0.1, 0.15) is 0 Å². The molecule has 2 atom stereocenters. The topological polar surface area (TPSA) is 12.4 Å². The molecule has 0 amide bonds. The van der Waals surface area contributed by atoms with Gasteiger partial charge < -0.3 is 0 Å². The van der Waals surface area contributed by atoms with Crippen molar-refractivity contribution in [3.8, 4) is 0 Å². The van der Waals surface area contributed by atoms with Crippen LogP contribution in [0.3, 0.4) is 0 Å². The van der Waals surface area contributed by atoms with E-state index in [2.05, 4.69) is 20.4 Å². The molecule has 0 spiro atoms. The third-order valence-electron chi connectivity index (χ3n) is 4.07. The fourth-order valence-corrected chi connectivity index (χ4v) is 2.85. The van der Waals surface area contributed by atoms with Gasteiger partial charge in [0, 0.05) is 17.7 Å². The van der Waals surface area contributed by atoms with Gasteiger partial charge in [-0.05, 0) is 44.9 Å². The summed E-state index contributed by atoms with van der Waals surface area (Å²) in [5, 5.41) is 0. The Bertz CT molecular complexity index is 277. The minimum absolute atomic E-state index is 0.449. The van der Waals surface area contributed by atoms with Gasteiger partial charge in [-0.2, -0.15) is 0 Å². The Balaban J connectivity index is 2.16. The highest BCUT2D eigenvalue weighted by molar-refractivity contribution is 5.91. The lowest BCUT2D eigenvalue weighted by Crippen LogP contribution is -2.37. The number of hydrogen-bond acceptors (Lipinski definition) is 1. The molecule has 1 heterocycles. The second kappa shape index (κ2) is 3.52. The summed E-state index contributed by atoms with van der Waals surface area (Å²) < 4.78 is 0. The molecule has 1 saturated carbocycles. The van der Waals surface area contributed by atoms with Crippen molar-refractivity contribution in [1.82, 2.24) is 0 Å². The molecule has 0 unspecified atom stereocenters. The minimum Gasteiger partial charge on any atom is -0.294 e. The van der Waals surface area contributed by atoms with Gasteiger partial charge in [0.15, 0.2) is 0 Å². The Hall–Kier alpha value is -0.590. The molecule has 0 N–H and O–H groups in total. The first kappa shape index (κ1) is 9.95. The Morgan fingerprint density at radius 3 is 3.00 bits per heavy atom. The summed E-state index contributed by atoms with van der Waals surface area (Å²) >= 11 is 0. The van der Waals surface area contributed by atoms with Crippen LogP contribution in [-0.4, -0.2) is 12.3 Å². The maximum Gasteiger partial charge on any atom is 0.0389 e. The highest BCUT2D eigenvalue weighted by atomic mass is 14.8. The van der Waals surface area contributed by atoms with E-state index in [4.69, 9.17) is 4.99 Å². The zero-order chi connectivity index (χ0) is 10.2. The number of allylic oxidation sites excluding steroid dienone is 1. The van der Waals surface area contributed by atoms with E-state index in [1.54, 1.807) is 0 Å². The number of aliphatic imine (C=N–C) groups is 1. The summed E-state index contributed by atoms with van der Waals surface area (Å²) in [5.74, 6) is 0.708. The Morgan fingerprint density at radius 2 is 2.29 bits per heavy atom. The average molecular weight is 191 g/mol. The molecule has 0 aromatic carbocycles. The van der Waals surface area contributed by atoms with E-state index in [-0.39, 0.29) is 0 Å². The monoisotopic (exact) mass is 191 g/mol. The molecule has 1 aliphatic heterocycles. The molecule has 0 bridgehead atoms. The zero-order valence-electron chi connectivity index (χ0n) is 9.47. The number of nitrogens with zero attached hydrogens (tertiary/aromatic N) is 1. The van der Waals surface area contributed by atoms with Crippen LogP contribution in [-0.2, 0) is 0 Å².